The maximum Gasteiger partial charge on any atom is 0.246 e. The van der Waals surface area contributed by atoms with Gasteiger partial charge in [-0.3, -0.25) is 9.69 Å². The molecule has 1 saturated heterocycles. The molecule has 0 atom stereocenters. The Kier molecular flexibility index (Phi) is 5.32. The summed E-state index contributed by atoms with van der Waals surface area (Å²) in [5.74, 6) is 1.64. The minimum Gasteiger partial charge on any atom is -0.454 e. The van der Waals surface area contributed by atoms with Crippen LogP contribution in [0.4, 0.5) is 0 Å². The van der Waals surface area contributed by atoms with Crippen LogP contribution in [0.3, 0.4) is 0 Å². The third kappa shape index (κ3) is 4.26. The fraction of sp³-hybridized carbons (Fsp3) is 0.286. The normalized spacial score (nSPS) is 16.9. The Morgan fingerprint density at radius 2 is 1.81 bits per heavy atom. The smallest absolute Gasteiger partial charge is 0.246 e. The second-order valence-electron chi connectivity index (χ2n) is 6.64. The molecule has 27 heavy (non-hydrogen) atoms. The zero-order valence-electron chi connectivity index (χ0n) is 14.9. The van der Waals surface area contributed by atoms with Crippen molar-refractivity contribution in [3.63, 3.8) is 0 Å². The van der Waals surface area contributed by atoms with Crippen LogP contribution in [-0.4, -0.2) is 48.7 Å². The van der Waals surface area contributed by atoms with Gasteiger partial charge in [-0.1, -0.05) is 35.9 Å². The predicted molar refractivity (Wildman–Crippen MR) is 105 cm³/mol. The minimum absolute atomic E-state index is 0.0256. The number of hydrogen-bond acceptors (Lipinski definition) is 4. The van der Waals surface area contributed by atoms with Crippen LogP contribution in [0.2, 0.25) is 5.02 Å². The molecule has 0 N–H and O–H groups in total. The Morgan fingerprint density at radius 3 is 2.63 bits per heavy atom. The molecule has 0 aliphatic carbocycles. The van der Waals surface area contributed by atoms with Gasteiger partial charge in [0.2, 0.25) is 12.7 Å². The molecule has 0 saturated carbocycles. The van der Waals surface area contributed by atoms with Crippen LogP contribution in [0, 0.1) is 0 Å². The van der Waals surface area contributed by atoms with Crippen LogP contribution in [0.1, 0.15) is 11.1 Å². The van der Waals surface area contributed by atoms with Crippen LogP contribution in [0.5, 0.6) is 11.5 Å². The maximum atomic E-state index is 12.4. The average molecular weight is 385 g/mol. The molecule has 2 aromatic rings. The Hall–Kier alpha value is -2.50. The van der Waals surface area contributed by atoms with Crippen LogP contribution >= 0.6 is 11.6 Å². The summed E-state index contributed by atoms with van der Waals surface area (Å²) in [6.45, 7) is 4.27. The molecular weight excluding hydrogens is 364 g/mol. The molecule has 2 aliphatic heterocycles. The molecule has 1 fully saturated rings. The highest BCUT2D eigenvalue weighted by Crippen LogP contribution is 2.32. The molecule has 6 heteroatoms. The number of halogens is 1. The number of amides is 1. The van der Waals surface area contributed by atoms with Gasteiger partial charge in [-0.05, 0) is 35.4 Å². The fourth-order valence-corrected chi connectivity index (χ4v) is 3.50. The molecule has 5 nitrogen and oxygen atoms in total. The van der Waals surface area contributed by atoms with Crippen molar-refractivity contribution in [1.29, 1.82) is 0 Å². The number of rotatable bonds is 4. The third-order valence-electron chi connectivity index (χ3n) is 4.84. The lowest BCUT2D eigenvalue weighted by molar-refractivity contribution is -0.127. The van der Waals surface area contributed by atoms with E-state index in [1.165, 1.54) is 5.56 Å². The van der Waals surface area contributed by atoms with E-state index in [0.717, 1.165) is 49.8 Å². The first-order valence-electron chi connectivity index (χ1n) is 9.01. The summed E-state index contributed by atoms with van der Waals surface area (Å²) in [6.07, 6.45) is 3.39. The van der Waals surface area contributed by atoms with Crippen molar-refractivity contribution in [1.82, 2.24) is 9.80 Å². The number of nitrogens with zero attached hydrogens (tertiary/aromatic N) is 2. The van der Waals surface area contributed by atoms with Gasteiger partial charge in [0, 0.05) is 43.8 Å². The molecule has 0 radical (unpaired) electrons. The van der Waals surface area contributed by atoms with Crippen molar-refractivity contribution < 1.29 is 14.3 Å². The molecule has 1 amide bonds. The highest BCUT2D eigenvalue weighted by Gasteiger charge is 2.20. The zero-order valence-corrected chi connectivity index (χ0v) is 15.7. The van der Waals surface area contributed by atoms with Gasteiger partial charge < -0.3 is 14.4 Å². The van der Waals surface area contributed by atoms with Crippen LogP contribution in [0.15, 0.2) is 48.5 Å². The number of hydrogen-bond donors (Lipinski definition) is 0. The van der Waals surface area contributed by atoms with Gasteiger partial charge in [-0.15, -0.1) is 0 Å². The van der Waals surface area contributed by atoms with Crippen molar-refractivity contribution in [3.8, 4) is 11.5 Å². The Bertz CT molecular complexity index is 860. The van der Waals surface area contributed by atoms with E-state index in [2.05, 4.69) is 11.0 Å². The summed E-state index contributed by atoms with van der Waals surface area (Å²) in [6, 6.07) is 13.6. The lowest BCUT2D eigenvalue weighted by atomic mass is 10.1. The van der Waals surface area contributed by atoms with Gasteiger partial charge in [-0.2, -0.15) is 0 Å². The van der Waals surface area contributed by atoms with Gasteiger partial charge in [-0.25, -0.2) is 0 Å². The predicted octanol–water partition coefficient (Wildman–Crippen LogP) is 3.43. The summed E-state index contributed by atoms with van der Waals surface area (Å²) in [5, 5.41) is 0.648. The quantitative estimate of drug-likeness (QED) is 0.757. The van der Waals surface area contributed by atoms with Crippen molar-refractivity contribution in [2.24, 2.45) is 0 Å². The van der Waals surface area contributed by atoms with E-state index in [4.69, 9.17) is 21.1 Å². The van der Waals surface area contributed by atoms with E-state index in [1.807, 2.05) is 41.3 Å². The van der Waals surface area contributed by atoms with E-state index in [9.17, 15) is 4.79 Å². The van der Waals surface area contributed by atoms with Crippen molar-refractivity contribution >= 4 is 23.6 Å². The first-order chi connectivity index (χ1) is 13.2. The monoisotopic (exact) mass is 384 g/mol. The summed E-state index contributed by atoms with van der Waals surface area (Å²) in [7, 11) is 0. The van der Waals surface area contributed by atoms with Gasteiger partial charge in [0.15, 0.2) is 11.5 Å². The third-order valence-corrected chi connectivity index (χ3v) is 5.18. The van der Waals surface area contributed by atoms with Gasteiger partial charge in [0.25, 0.3) is 0 Å². The Labute approximate surface area is 163 Å². The van der Waals surface area contributed by atoms with Crippen molar-refractivity contribution in [3.05, 3.63) is 64.7 Å². The Morgan fingerprint density at radius 1 is 1.04 bits per heavy atom. The van der Waals surface area contributed by atoms with E-state index in [0.29, 0.717) is 11.8 Å². The SMILES string of the molecule is O=C(/C=C/c1ccccc1Cl)N1CCN(Cc2ccc3c(c2)OCO3)CC1. The maximum absolute atomic E-state index is 12.4. The lowest BCUT2D eigenvalue weighted by Gasteiger charge is -2.34. The van der Waals surface area contributed by atoms with E-state index in [1.54, 1.807) is 12.2 Å². The summed E-state index contributed by atoms with van der Waals surface area (Å²) < 4.78 is 10.8. The van der Waals surface area contributed by atoms with Crippen LogP contribution in [0.25, 0.3) is 6.08 Å². The minimum atomic E-state index is 0.0256. The molecule has 0 unspecified atom stereocenters. The first kappa shape index (κ1) is 17.9. The fourth-order valence-electron chi connectivity index (χ4n) is 3.30. The molecule has 0 aromatic heterocycles. The van der Waals surface area contributed by atoms with Crippen LogP contribution in [-0.2, 0) is 11.3 Å². The number of carbonyl (C=O) groups excluding carboxylic acids is 1. The molecule has 0 spiro atoms. The van der Waals surface area contributed by atoms with Gasteiger partial charge in [0.05, 0.1) is 0 Å². The number of benzene rings is 2. The van der Waals surface area contributed by atoms with Gasteiger partial charge in [0.1, 0.15) is 0 Å². The standard InChI is InChI=1S/C21H21ClN2O3/c22-18-4-2-1-3-17(18)6-8-21(25)24-11-9-23(10-12-24)14-16-5-7-19-20(13-16)27-15-26-19/h1-8,13H,9-12,14-15H2/b8-6+. The summed E-state index contributed by atoms with van der Waals surface area (Å²) >= 11 is 6.13. The first-order valence-corrected chi connectivity index (χ1v) is 9.39. The molecule has 4 rings (SSSR count). The largest absolute Gasteiger partial charge is 0.454 e. The molecule has 2 aliphatic rings. The highest BCUT2D eigenvalue weighted by molar-refractivity contribution is 6.32. The molecule has 2 heterocycles. The second kappa shape index (κ2) is 8.03. The molecule has 140 valence electrons. The number of carbonyl (C=O) groups is 1. The topological polar surface area (TPSA) is 42.0 Å². The lowest BCUT2D eigenvalue weighted by Crippen LogP contribution is -2.47. The van der Waals surface area contributed by atoms with Gasteiger partial charge >= 0.3 is 0 Å². The number of ether oxygens (including phenoxy) is 2. The number of fused-ring (bicyclic) bond motifs is 1. The zero-order chi connectivity index (χ0) is 18.6. The summed E-state index contributed by atoms with van der Waals surface area (Å²) in [4.78, 5) is 16.6. The van der Waals surface area contributed by atoms with Crippen molar-refractivity contribution in [2.75, 3.05) is 33.0 Å². The Balaban J connectivity index is 1.29. The van der Waals surface area contributed by atoms with E-state index < -0.39 is 0 Å². The molecule has 0 bridgehead atoms. The van der Waals surface area contributed by atoms with Crippen LogP contribution < -0.4 is 9.47 Å². The molecule has 2 aromatic carbocycles. The van der Waals surface area contributed by atoms with Crippen molar-refractivity contribution in [2.45, 2.75) is 6.54 Å². The average Bonchev–Trinajstić information content (AvgIpc) is 3.15. The highest BCUT2D eigenvalue weighted by atomic mass is 35.5. The number of piperazine rings is 1. The molecular formula is C21H21ClN2O3. The van der Waals surface area contributed by atoms with E-state index in [-0.39, 0.29) is 5.91 Å². The second-order valence-corrected chi connectivity index (χ2v) is 7.05. The summed E-state index contributed by atoms with van der Waals surface area (Å²) in [5.41, 5.74) is 2.05. The van der Waals surface area contributed by atoms with E-state index >= 15 is 0 Å².